The monoisotopic (exact) mass is 169 g/mol. The summed E-state index contributed by atoms with van der Waals surface area (Å²) in [5.74, 6) is 0.997. The Morgan fingerprint density at radius 2 is 1.92 bits per heavy atom. The molecule has 12 heavy (non-hydrogen) atoms. The summed E-state index contributed by atoms with van der Waals surface area (Å²) in [5, 5.41) is 3.35. The second-order valence-corrected chi connectivity index (χ2v) is 4.07. The lowest BCUT2D eigenvalue weighted by Crippen LogP contribution is -1.97. The molecule has 0 aromatic carbocycles. The summed E-state index contributed by atoms with van der Waals surface area (Å²) in [5.41, 5.74) is 0. The van der Waals surface area contributed by atoms with Gasteiger partial charge in [-0.1, -0.05) is 46.0 Å². The fourth-order valence-corrected chi connectivity index (χ4v) is 1.81. The van der Waals surface area contributed by atoms with E-state index in [1.807, 2.05) is 0 Å². The summed E-state index contributed by atoms with van der Waals surface area (Å²) in [6.07, 6.45) is 8.51. The molecule has 1 aliphatic heterocycles. The summed E-state index contributed by atoms with van der Waals surface area (Å²) in [7, 11) is 0. The molecule has 1 heterocycles. The Bertz CT molecular complexity index is 104. The van der Waals surface area contributed by atoms with Gasteiger partial charge in [0, 0.05) is 12.6 Å². The minimum absolute atomic E-state index is 0.895. The van der Waals surface area contributed by atoms with Crippen molar-refractivity contribution in [3.63, 3.8) is 0 Å². The molecule has 1 fully saturated rings. The zero-order valence-corrected chi connectivity index (χ0v) is 8.60. The van der Waals surface area contributed by atoms with E-state index in [-0.39, 0.29) is 0 Å². The third kappa shape index (κ3) is 4.10. The molecule has 1 nitrogen and oxygen atoms in total. The van der Waals surface area contributed by atoms with Crippen molar-refractivity contribution in [3.05, 3.63) is 0 Å². The van der Waals surface area contributed by atoms with Crippen LogP contribution in [-0.2, 0) is 0 Å². The Kier molecular flexibility index (Phi) is 4.67. The first kappa shape index (κ1) is 10.0. The fourth-order valence-electron chi connectivity index (χ4n) is 1.81. The number of hydrogen-bond donors (Lipinski definition) is 1. The van der Waals surface area contributed by atoms with Gasteiger partial charge in [0.1, 0.15) is 0 Å². The molecule has 72 valence electrons. The van der Waals surface area contributed by atoms with Crippen LogP contribution in [0.2, 0.25) is 0 Å². The normalized spacial score (nSPS) is 21.8. The Morgan fingerprint density at radius 1 is 1.25 bits per heavy atom. The van der Waals surface area contributed by atoms with Crippen LogP contribution in [0.3, 0.4) is 0 Å². The van der Waals surface area contributed by atoms with Crippen LogP contribution in [0.1, 0.15) is 52.4 Å². The van der Waals surface area contributed by atoms with Crippen LogP contribution in [0.25, 0.3) is 0 Å². The van der Waals surface area contributed by atoms with Gasteiger partial charge >= 0.3 is 0 Å². The summed E-state index contributed by atoms with van der Waals surface area (Å²) in [6.45, 7) is 5.91. The van der Waals surface area contributed by atoms with E-state index < -0.39 is 0 Å². The average molecular weight is 169 g/mol. The molecular weight excluding hydrogens is 146 g/mol. The van der Waals surface area contributed by atoms with Crippen molar-refractivity contribution in [2.75, 3.05) is 6.54 Å². The molecule has 1 atom stereocenters. The molecule has 0 aliphatic carbocycles. The van der Waals surface area contributed by atoms with E-state index in [9.17, 15) is 0 Å². The van der Waals surface area contributed by atoms with Gasteiger partial charge in [0.15, 0.2) is 0 Å². The second-order valence-electron chi connectivity index (χ2n) is 4.07. The summed E-state index contributed by atoms with van der Waals surface area (Å²) >= 11 is 0. The van der Waals surface area contributed by atoms with Gasteiger partial charge in [-0.15, -0.1) is 0 Å². The van der Waals surface area contributed by atoms with E-state index in [0.717, 1.165) is 12.0 Å². The highest BCUT2D eigenvalue weighted by molar-refractivity contribution is 4.82. The molecule has 1 N–H and O–H groups in total. The molecule has 1 unspecified atom stereocenters. The average Bonchev–Trinajstić information content (AvgIpc) is 2.89. The number of rotatable bonds is 7. The number of hydrogen-bond acceptors (Lipinski definition) is 1. The maximum atomic E-state index is 3.35. The highest BCUT2D eigenvalue weighted by atomic mass is 15.1. The van der Waals surface area contributed by atoms with Gasteiger partial charge in [-0.05, 0) is 12.3 Å². The Hall–Kier alpha value is -0.0400. The Balaban J connectivity index is 1.85. The van der Waals surface area contributed by atoms with Crippen LogP contribution in [0.15, 0.2) is 0 Å². The summed E-state index contributed by atoms with van der Waals surface area (Å²) < 4.78 is 0. The van der Waals surface area contributed by atoms with Gasteiger partial charge < -0.3 is 5.32 Å². The highest BCUT2D eigenvalue weighted by Crippen LogP contribution is 2.18. The van der Waals surface area contributed by atoms with Crippen LogP contribution < -0.4 is 5.32 Å². The molecule has 1 heteroatoms. The Labute approximate surface area is 76.9 Å². The predicted molar refractivity (Wildman–Crippen MR) is 54.3 cm³/mol. The van der Waals surface area contributed by atoms with Crippen LogP contribution in [-0.4, -0.2) is 12.6 Å². The topological polar surface area (TPSA) is 21.9 Å². The zero-order chi connectivity index (χ0) is 8.81. The Morgan fingerprint density at radius 3 is 2.42 bits per heavy atom. The van der Waals surface area contributed by atoms with Crippen molar-refractivity contribution in [2.45, 2.75) is 58.4 Å². The molecular formula is C11H23N. The lowest BCUT2D eigenvalue weighted by molar-refractivity contribution is 0.430. The quantitative estimate of drug-likeness (QED) is 0.459. The molecule has 0 radical (unpaired) electrons. The largest absolute Gasteiger partial charge is 0.311 e. The molecule has 0 bridgehead atoms. The van der Waals surface area contributed by atoms with Gasteiger partial charge in [0.05, 0.1) is 0 Å². The molecule has 0 amide bonds. The zero-order valence-electron chi connectivity index (χ0n) is 8.60. The van der Waals surface area contributed by atoms with E-state index in [4.69, 9.17) is 0 Å². The van der Waals surface area contributed by atoms with Crippen LogP contribution in [0.5, 0.6) is 0 Å². The van der Waals surface area contributed by atoms with Crippen molar-refractivity contribution in [1.82, 2.24) is 5.32 Å². The first-order valence-electron chi connectivity index (χ1n) is 5.60. The fraction of sp³-hybridized carbons (Fsp3) is 1.00. The highest BCUT2D eigenvalue weighted by Gasteiger charge is 2.18. The van der Waals surface area contributed by atoms with Gasteiger partial charge in [0.25, 0.3) is 0 Å². The standard InChI is InChI=1S/C11H23N/c1-3-10(4-2)7-5-6-8-11-9-12-11/h10-12H,3-9H2,1-2H3. The predicted octanol–water partition coefficient (Wildman–Crippen LogP) is 2.95. The lowest BCUT2D eigenvalue weighted by atomic mass is 9.96. The minimum atomic E-state index is 0.895. The van der Waals surface area contributed by atoms with Crippen LogP contribution >= 0.6 is 0 Å². The van der Waals surface area contributed by atoms with E-state index in [0.29, 0.717) is 0 Å². The minimum Gasteiger partial charge on any atom is -0.311 e. The van der Waals surface area contributed by atoms with Crippen molar-refractivity contribution in [2.24, 2.45) is 5.92 Å². The maximum absolute atomic E-state index is 3.35. The van der Waals surface area contributed by atoms with E-state index in [2.05, 4.69) is 19.2 Å². The van der Waals surface area contributed by atoms with Gasteiger partial charge in [-0.25, -0.2) is 0 Å². The van der Waals surface area contributed by atoms with Gasteiger partial charge in [-0.2, -0.15) is 0 Å². The smallest absolute Gasteiger partial charge is 0.0193 e. The third-order valence-electron chi connectivity index (χ3n) is 3.06. The van der Waals surface area contributed by atoms with E-state index in [1.165, 1.54) is 45.1 Å². The second kappa shape index (κ2) is 5.58. The molecule has 0 spiro atoms. The number of unbranched alkanes of at least 4 members (excludes halogenated alkanes) is 1. The third-order valence-corrected chi connectivity index (χ3v) is 3.06. The summed E-state index contributed by atoms with van der Waals surface area (Å²) in [4.78, 5) is 0. The number of nitrogens with one attached hydrogen (secondary N) is 1. The molecule has 1 rings (SSSR count). The molecule has 1 aliphatic rings. The summed E-state index contributed by atoms with van der Waals surface area (Å²) in [6, 6.07) is 0.895. The van der Waals surface area contributed by atoms with E-state index >= 15 is 0 Å². The first-order chi connectivity index (χ1) is 5.86. The molecule has 1 saturated heterocycles. The van der Waals surface area contributed by atoms with Crippen molar-refractivity contribution < 1.29 is 0 Å². The molecule has 0 saturated carbocycles. The molecule has 0 aromatic heterocycles. The van der Waals surface area contributed by atoms with Crippen LogP contribution in [0, 0.1) is 5.92 Å². The maximum Gasteiger partial charge on any atom is 0.0193 e. The lowest BCUT2D eigenvalue weighted by Gasteiger charge is -2.10. The van der Waals surface area contributed by atoms with Gasteiger partial charge in [-0.3, -0.25) is 0 Å². The van der Waals surface area contributed by atoms with Crippen molar-refractivity contribution in [3.8, 4) is 0 Å². The SMILES string of the molecule is CCC(CC)CCCCC1CN1. The van der Waals surface area contributed by atoms with Gasteiger partial charge in [0.2, 0.25) is 0 Å². The molecule has 0 aromatic rings. The van der Waals surface area contributed by atoms with Crippen molar-refractivity contribution in [1.29, 1.82) is 0 Å². The van der Waals surface area contributed by atoms with Crippen LogP contribution in [0.4, 0.5) is 0 Å². The van der Waals surface area contributed by atoms with Crippen molar-refractivity contribution >= 4 is 0 Å². The first-order valence-corrected chi connectivity index (χ1v) is 5.60. The van der Waals surface area contributed by atoms with E-state index in [1.54, 1.807) is 0 Å².